The summed E-state index contributed by atoms with van der Waals surface area (Å²) in [6.07, 6.45) is 4.63. The molecule has 0 aromatic rings. The van der Waals surface area contributed by atoms with Gasteiger partial charge in [-0.05, 0) is 31.1 Å². The monoisotopic (exact) mass is 213 g/mol. The summed E-state index contributed by atoms with van der Waals surface area (Å²) in [5.74, 6) is -0.128. The number of hydrogen-bond donors (Lipinski definition) is 1. The van der Waals surface area contributed by atoms with Gasteiger partial charge in [0.25, 0.3) is 0 Å². The maximum atomic E-state index is 11.4. The van der Waals surface area contributed by atoms with Crippen LogP contribution in [0.25, 0.3) is 0 Å². The summed E-state index contributed by atoms with van der Waals surface area (Å²) in [4.78, 5) is 11.4. The summed E-state index contributed by atoms with van der Waals surface area (Å²) in [5.41, 5.74) is 6.07. The molecule has 1 aliphatic carbocycles. The molecule has 15 heavy (non-hydrogen) atoms. The van der Waals surface area contributed by atoms with E-state index in [0.29, 0.717) is 6.42 Å². The second-order valence-corrected chi connectivity index (χ2v) is 5.77. The summed E-state index contributed by atoms with van der Waals surface area (Å²) in [6, 6.07) is -0.0717. The average molecular weight is 213 g/mol. The van der Waals surface area contributed by atoms with E-state index >= 15 is 0 Å². The van der Waals surface area contributed by atoms with Gasteiger partial charge < -0.3 is 10.5 Å². The van der Waals surface area contributed by atoms with Gasteiger partial charge in [-0.15, -0.1) is 0 Å². The number of carbonyl (C=O) groups excluding carboxylic acids is 1. The Labute approximate surface area is 92.4 Å². The normalized spacial score (nSPS) is 19.5. The molecule has 0 bridgehead atoms. The molecule has 0 aromatic heterocycles. The van der Waals surface area contributed by atoms with E-state index in [1.807, 2.05) is 0 Å². The molecule has 3 nitrogen and oxygen atoms in total. The molecule has 3 heteroatoms. The molecule has 1 rings (SSSR count). The first-order chi connectivity index (χ1) is 6.87. The summed E-state index contributed by atoms with van der Waals surface area (Å²) in [6.45, 7) is 6.39. The van der Waals surface area contributed by atoms with Crippen molar-refractivity contribution >= 4 is 5.97 Å². The molecule has 0 radical (unpaired) electrons. The predicted molar refractivity (Wildman–Crippen MR) is 60.4 cm³/mol. The van der Waals surface area contributed by atoms with Crippen LogP contribution < -0.4 is 5.73 Å². The number of carbonyl (C=O) groups is 1. The van der Waals surface area contributed by atoms with Crippen molar-refractivity contribution in [3.63, 3.8) is 0 Å². The molecular weight excluding hydrogens is 190 g/mol. The Hall–Kier alpha value is -0.570. The zero-order chi connectivity index (χ0) is 11.5. The summed E-state index contributed by atoms with van der Waals surface area (Å²) >= 11 is 0. The van der Waals surface area contributed by atoms with Gasteiger partial charge in [-0.1, -0.05) is 20.8 Å². The van der Waals surface area contributed by atoms with Gasteiger partial charge in [-0.3, -0.25) is 4.79 Å². The molecule has 0 amide bonds. The molecule has 0 aromatic carbocycles. The Balaban J connectivity index is 2.18. The van der Waals surface area contributed by atoms with E-state index in [-0.39, 0.29) is 23.5 Å². The highest BCUT2D eigenvalue weighted by molar-refractivity contribution is 5.70. The Morgan fingerprint density at radius 1 is 1.47 bits per heavy atom. The number of hydrogen-bond acceptors (Lipinski definition) is 3. The fraction of sp³-hybridized carbons (Fsp3) is 0.917. The Kier molecular flexibility index (Phi) is 4.14. The van der Waals surface area contributed by atoms with Gasteiger partial charge in [-0.2, -0.15) is 0 Å². The van der Waals surface area contributed by atoms with Crippen LogP contribution >= 0.6 is 0 Å². The largest absolute Gasteiger partial charge is 0.462 e. The molecule has 1 fully saturated rings. The molecule has 0 spiro atoms. The summed E-state index contributed by atoms with van der Waals surface area (Å²) in [7, 11) is 0. The second-order valence-electron chi connectivity index (χ2n) is 5.77. The summed E-state index contributed by atoms with van der Waals surface area (Å²) < 4.78 is 5.25. The first-order valence-corrected chi connectivity index (χ1v) is 5.82. The minimum Gasteiger partial charge on any atom is -0.462 e. The third kappa shape index (κ3) is 5.17. The van der Waals surface area contributed by atoms with E-state index in [2.05, 4.69) is 20.8 Å². The molecule has 2 N–H and O–H groups in total. The van der Waals surface area contributed by atoms with Crippen LogP contribution in [0.2, 0.25) is 0 Å². The van der Waals surface area contributed by atoms with Crippen molar-refractivity contribution in [2.45, 2.75) is 65.0 Å². The lowest BCUT2D eigenvalue weighted by Crippen LogP contribution is -2.32. The van der Waals surface area contributed by atoms with Gasteiger partial charge in [-0.25, -0.2) is 0 Å². The van der Waals surface area contributed by atoms with E-state index in [0.717, 1.165) is 19.3 Å². The molecule has 1 unspecified atom stereocenters. The smallest absolute Gasteiger partial charge is 0.307 e. The van der Waals surface area contributed by atoms with Crippen molar-refractivity contribution in [1.29, 1.82) is 0 Å². The third-order valence-electron chi connectivity index (χ3n) is 2.65. The first kappa shape index (κ1) is 12.5. The van der Waals surface area contributed by atoms with Crippen molar-refractivity contribution in [3.05, 3.63) is 0 Å². The van der Waals surface area contributed by atoms with Gasteiger partial charge in [0.05, 0.1) is 6.42 Å². The van der Waals surface area contributed by atoms with Crippen molar-refractivity contribution in [3.8, 4) is 0 Å². The highest BCUT2D eigenvalue weighted by atomic mass is 16.5. The SMILES string of the molecule is CC(C)(C)CC(N)CC(=O)OC1CCC1. The van der Waals surface area contributed by atoms with E-state index in [1.54, 1.807) is 0 Å². The number of rotatable bonds is 4. The van der Waals surface area contributed by atoms with Crippen LogP contribution in [0.5, 0.6) is 0 Å². The van der Waals surface area contributed by atoms with E-state index in [1.165, 1.54) is 6.42 Å². The quantitative estimate of drug-likeness (QED) is 0.729. The minimum absolute atomic E-state index is 0.0717. The van der Waals surface area contributed by atoms with Gasteiger partial charge in [0.1, 0.15) is 6.10 Å². The predicted octanol–water partition coefficient (Wildman–Crippen LogP) is 2.24. The van der Waals surface area contributed by atoms with E-state index in [4.69, 9.17) is 10.5 Å². The van der Waals surface area contributed by atoms with E-state index < -0.39 is 0 Å². The lowest BCUT2D eigenvalue weighted by atomic mass is 9.87. The molecule has 0 saturated heterocycles. The lowest BCUT2D eigenvalue weighted by Gasteiger charge is -2.27. The Morgan fingerprint density at radius 2 is 2.07 bits per heavy atom. The molecule has 1 atom stereocenters. The number of ether oxygens (including phenoxy) is 1. The third-order valence-corrected chi connectivity index (χ3v) is 2.65. The topological polar surface area (TPSA) is 52.3 Å². The minimum atomic E-state index is -0.128. The lowest BCUT2D eigenvalue weighted by molar-refractivity contribution is -0.153. The number of nitrogens with two attached hydrogens (primary N) is 1. The van der Waals surface area contributed by atoms with Crippen LogP contribution in [0.1, 0.15) is 52.9 Å². The second kappa shape index (κ2) is 4.97. The van der Waals surface area contributed by atoms with Crippen LogP contribution in [0.4, 0.5) is 0 Å². The Bertz CT molecular complexity index is 216. The molecule has 0 heterocycles. The van der Waals surface area contributed by atoms with Crippen molar-refractivity contribution in [2.24, 2.45) is 11.1 Å². The van der Waals surface area contributed by atoms with E-state index in [9.17, 15) is 4.79 Å². The fourth-order valence-electron chi connectivity index (χ4n) is 1.80. The molecule has 0 aliphatic heterocycles. The highest BCUT2D eigenvalue weighted by Gasteiger charge is 2.24. The van der Waals surface area contributed by atoms with Crippen LogP contribution in [0.15, 0.2) is 0 Å². The molecule has 1 aliphatic rings. The summed E-state index contributed by atoms with van der Waals surface area (Å²) in [5, 5.41) is 0. The highest BCUT2D eigenvalue weighted by Crippen LogP contribution is 2.24. The maximum Gasteiger partial charge on any atom is 0.307 e. The zero-order valence-corrected chi connectivity index (χ0v) is 10.1. The van der Waals surface area contributed by atoms with Crippen LogP contribution in [-0.4, -0.2) is 18.1 Å². The first-order valence-electron chi connectivity index (χ1n) is 5.82. The van der Waals surface area contributed by atoms with Crippen LogP contribution in [0, 0.1) is 5.41 Å². The van der Waals surface area contributed by atoms with Gasteiger partial charge in [0.2, 0.25) is 0 Å². The van der Waals surface area contributed by atoms with Crippen LogP contribution in [-0.2, 0) is 9.53 Å². The Morgan fingerprint density at radius 3 is 2.47 bits per heavy atom. The molecule has 88 valence electrons. The van der Waals surface area contributed by atoms with Gasteiger partial charge in [0.15, 0.2) is 0 Å². The zero-order valence-electron chi connectivity index (χ0n) is 10.1. The maximum absolute atomic E-state index is 11.4. The average Bonchev–Trinajstić information content (AvgIpc) is 1.92. The molecular formula is C12H23NO2. The molecule has 1 saturated carbocycles. The van der Waals surface area contributed by atoms with Gasteiger partial charge >= 0.3 is 5.97 Å². The van der Waals surface area contributed by atoms with Crippen molar-refractivity contribution in [2.75, 3.05) is 0 Å². The van der Waals surface area contributed by atoms with Crippen molar-refractivity contribution in [1.82, 2.24) is 0 Å². The number of esters is 1. The van der Waals surface area contributed by atoms with Crippen LogP contribution in [0.3, 0.4) is 0 Å². The fourth-order valence-corrected chi connectivity index (χ4v) is 1.80. The van der Waals surface area contributed by atoms with Crippen molar-refractivity contribution < 1.29 is 9.53 Å². The standard InChI is InChI=1S/C12H23NO2/c1-12(2,3)8-9(13)7-11(14)15-10-5-4-6-10/h9-10H,4-8,13H2,1-3H3. The van der Waals surface area contributed by atoms with Gasteiger partial charge in [0, 0.05) is 6.04 Å².